The Hall–Kier alpha value is -3.00. The van der Waals surface area contributed by atoms with Gasteiger partial charge in [0.2, 0.25) is 0 Å². The maximum atomic E-state index is 13.3. The van der Waals surface area contributed by atoms with Crippen molar-refractivity contribution in [2.24, 2.45) is 7.05 Å². The fourth-order valence-electron chi connectivity index (χ4n) is 3.12. The number of amides is 1. The van der Waals surface area contributed by atoms with E-state index < -0.39 is 0 Å². The molecule has 3 aromatic rings. The van der Waals surface area contributed by atoms with Gasteiger partial charge >= 0.3 is 0 Å². The molecule has 8 heteroatoms. The van der Waals surface area contributed by atoms with Crippen LogP contribution in [0, 0.1) is 13.8 Å². The Labute approximate surface area is 156 Å². The quantitative estimate of drug-likeness (QED) is 0.712. The van der Waals surface area contributed by atoms with Gasteiger partial charge in [0.25, 0.3) is 11.5 Å². The van der Waals surface area contributed by atoms with E-state index in [-0.39, 0.29) is 17.2 Å². The van der Waals surface area contributed by atoms with E-state index in [9.17, 15) is 9.59 Å². The normalized spacial score (nSPS) is 11.1. The number of nitrogens with zero attached hydrogens (tertiary/aromatic N) is 4. The summed E-state index contributed by atoms with van der Waals surface area (Å²) in [5.41, 5.74) is 2.78. The monoisotopic (exact) mass is 369 g/mol. The molecule has 142 valence electrons. The maximum Gasteiger partial charge on any atom is 0.275 e. The number of aryl methyl sites for hydroxylation is 2. The standard InChI is InChI=1S/C19H23N5O3/c1-12-16(13(2)23(3)22-12)11-24(9-10-27-4)19(26)17-14-7-5-6-8-15(14)18(25)21-20-17/h5-8H,9-11H2,1-4H3,(H,21,25). The summed E-state index contributed by atoms with van der Waals surface area (Å²) < 4.78 is 6.98. The second-order valence-electron chi connectivity index (χ2n) is 6.44. The lowest BCUT2D eigenvalue weighted by molar-refractivity contribution is 0.0675. The highest BCUT2D eigenvalue weighted by atomic mass is 16.5. The molecule has 8 nitrogen and oxygen atoms in total. The van der Waals surface area contributed by atoms with E-state index in [0.29, 0.717) is 30.5 Å². The van der Waals surface area contributed by atoms with Gasteiger partial charge < -0.3 is 9.64 Å². The molecule has 0 unspecified atom stereocenters. The van der Waals surface area contributed by atoms with Crippen LogP contribution in [0.2, 0.25) is 0 Å². The van der Waals surface area contributed by atoms with Crippen molar-refractivity contribution in [3.05, 3.63) is 57.3 Å². The Morgan fingerprint density at radius 3 is 2.59 bits per heavy atom. The van der Waals surface area contributed by atoms with Crippen LogP contribution in [0.15, 0.2) is 29.1 Å². The molecule has 0 spiro atoms. The van der Waals surface area contributed by atoms with Gasteiger partial charge in [0.05, 0.1) is 17.7 Å². The second-order valence-corrected chi connectivity index (χ2v) is 6.44. The van der Waals surface area contributed by atoms with Crippen LogP contribution in [-0.2, 0) is 18.3 Å². The van der Waals surface area contributed by atoms with Crippen molar-refractivity contribution in [2.75, 3.05) is 20.3 Å². The molecular weight excluding hydrogens is 346 g/mol. The summed E-state index contributed by atoms with van der Waals surface area (Å²) in [7, 11) is 3.47. The Bertz CT molecular complexity index is 1040. The van der Waals surface area contributed by atoms with Crippen LogP contribution in [0.3, 0.4) is 0 Å². The first-order chi connectivity index (χ1) is 12.9. The predicted molar refractivity (Wildman–Crippen MR) is 102 cm³/mol. The van der Waals surface area contributed by atoms with Gasteiger partial charge in [-0.15, -0.1) is 0 Å². The third-order valence-corrected chi connectivity index (χ3v) is 4.76. The molecule has 0 aliphatic heterocycles. The highest BCUT2D eigenvalue weighted by molar-refractivity contribution is 6.04. The summed E-state index contributed by atoms with van der Waals surface area (Å²) >= 11 is 0. The number of benzene rings is 1. The molecule has 0 aliphatic carbocycles. The average Bonchev–Trinajstić information content (AvgIpc) is 2.90. The molecule has 0 saturated heterocycles. The molecule has 2 aromatic heterocycles. The summed E-state index contributed by atoms with van der Waals surface area (Å²) in [5, 5.41) is 11.9. The van der Waals surface area contributed by atoms with Crippen LogP contribution in [0.25, 0.3) is 10.8 Å². The van der Waals surface area contributed by atoms with Gasteiger partial charge in [-0.25, -0.2) is 5.10 Å². The van der Waals surface area contributed by atoms with Crippen LogP contribution < -0.4 is 5.56 Å². The molecule has 0 bridgehead atoms. The minimum atomic E-state index is -0.315. The predicted octanol–water partition coefficient (Wildman–Crippen LogP) is 1.56. The first-order valence-corrected chi connectivity index (χ1v) is 8.68. The van der Waals surface area contributed by atoms with Crippen molar-refractivity contribution in [3.63, 3.8) is 0 Å². The summed E-state index contributed by atoms with van der Waals surface area (Å²) in [5.74, 6) is -0.262. The van der Waals surface area contributed by atoms with Gasteiger partial charge in [-0.1, -0.05) is 18.2 Å². The lowest BCUT2D eigenvalue weighted by Gasteiger charge is -2.22. The number of aromatic amines is 1. The first kappa shape index (κ1) is 18.8. The Balaban J connectivity index is 2.02. The second kappa shape index (κ2) is 7.71. The van der Waals surface area contributed by atoms with Crippen molar-refractivity contribution in [1.82, 2.24) is 24.9 Å². The van der Waals surface area contributed by atoms with Crippen molar-refractivity contribution in [2.45, 2.75) is 20.4 Å². The van der Waals surface area contributed by atoms with Crippen molar-refractivity contribution < 1.29 is 9.53 Å². The summed E-state index contributed by atoms with van der Waals surface area (Å²) in [6, 6.07) is 6.97. The van der Waals surface area contributed by atoms with E-state index in [0.717, 1.165) is 17.0 Å². The zero-order chi connectivity index (χ0) is 19.6. The molecule has 1 amide bonds. The maximum absolute atomic E-state index is 13.3. The number of nitrogens with one attached hydrogen (secondary N) is 1. The third-order valence-electron chi connectivity index (χ3n) is 4.76. The smallest absolute Gasteiger partial charge is 0.275 e. The van der Waals surface area contributed by atoms with Gasteiger partial charge in [-0.05, 0) is 19.9 Å². The van der Waals surface area contributed by atoms with E-state index in [1.165, 1.54) is 0 Å². The Morgan fingerprint density at radius 2 is 1.96 bits per heavy atom. The zero-order valence-corrected chi connectivity index (χ0v) is 15.9. The van der Waals surface area contributed by atoms with Gasteiger partial charge in [-0.3, -0.25) is 14.3 Å². The summed E-state index contributed by atoms with van der Waals surface area (Å²) in [4.78, 5) is 26.9. The molecule has 1 aromatic carbocycles. The molecule has 0 aliphatic rings. The van der Waals surface area contributed by atoms with E-state index in [1.54, 1.807) is 41.0 Å². The number of ether oxygens (including phenoxy) is 1. The lowest BCUT2D eigenvalue weighted by Crippen LogP contribution is -2.35. The van der Waals surface area contributed by atoms with Gasteiger partial charge in [0.15, 0.2) is 5.69 Å². The Morgan fingerprint density at radius 1 is 1.26 bits per heavy atom. The van der Waals surface area contributed by atoms with E-state index >= 15 is 0 Å². The fourth-order valence-corrected chi connectivity index (χ4v) is 3.12. The van der Waals surface area contributed by atoms with E-state index in [2.05, 4.69) is 15.3 Å². The number of rotatable bonds is 6. The lowest BCUT2D eigenvalue weighted by atomic mass is 10.1. The number of H-pyrrole nitrogens is 1. The fraction of sp³-hybridized carbons (Fsp3) is 0.368. The summed E-state index contributed by atoms with van der Waals surface area (Å²) in [6.45, 7) is 5.09. The van der Waals surface area contributed by atoms with Crippen molar-refractivity contribution in [3.8, 4) is 0 Å². The SMILES string of the molecule is COCCN(Cc1c(C)nn(C)c1C)C(=O)c1n[nH]c(=O)c2ccccc12. The van der Waals surface area contributed by atoms with Crippen molar-refractivity contribution >= 4 is 16.7 Å². The van der Waals surface area contributed by atoms with Crippen LogP contribution in [0.5, 0.6) is 0 Å². The van der Waals surface area contributed by atoms with Crippen LogP contribution in [-0.4, -0.2) is 51.0 Å². The largest absolute Gasteiger partial charge is 0.383 e. The molecule has 0 fully saturated rings. The molecule has 1 N–H and O–H groups in total. The first-order valence-electron chi connectivity index (χ1n) is 8.68. The minimum Gasteiger partial charge on any atom is -0.383 e. The molecular formula is C19H23N5O3. The van der Waals surface area contributed by atoms with Gasteiger partial charge in [0.1, 0.15) is 0 Å². The number of carbonyl (C=O) groups excluding carboxylic acids is 1. The highest BCUT2D eigenvalue weighted by Gasteiger charge is 2.23. The Kier molecular flexibility index (Phi) is 5.36. The number of fused-ring (bicyclic) bond motifs is 1. The molecule has 0 radical (unpaired) electrons. The van der Waals surface area contributed by atoms with E-state index in [4.69, 9.17) is 4.74 Å². The number of hydrogen-bond donors (Lipinski definition) is 1. The average molecular weight is 369 g/mol. The molecule has 27 heavy (non-hydrogen) atoms. The minimum absolute atomic E-state index is 0.223. The number of methoxy groups -OCH3 is 1. The molecule has 3 rings (SSSR count). The number of hydrogen-bond acceptors (Lipinski definition) is 5. The molecule has 0 atom stereocenters. The third kappa shape index (κ3) is 3.61. The molecule has 0 saturated carbocycles. The van der Waals surface area contributed by atoms with Crippen molar-refractivity contribution in [1.29, 1.82) is 0 Å². The number of carbonyl (C=O) groups is 1. The molecule has 2 heterocycles. The van der Waals surface area contributed by atoms with Gasteiger partial charge in [0, 0.05) is 43.9 Å². The van der Waals surface area contributed by atoms with Crippen LogP contribution in [0.1, 0.15) is 27.4 Å². The van der Waals surface area contributed by atoms with Crippen LogP contribution >= 0.6 is 0 Å². The van der Waals surface area contributed by atoms with E-state index in [1.807, 2.05) is 20.9 Å². The van der Waals surface area contributed by atoms with Crippen LogP contribution in [0.4, 0.5) is 0 Å². The van der Waals surface area contributed by atoms with Gasteiger partial charge in [-0.2, -0.15) is 10.2 Å². The number of aromatic nitrogens is 4. The zero-order valence-electron chi connectivity index (χ0n) is 15.9. The highest BCUT2D eigenvalue weighted by Crippen LogP contribution is 2.19. The topological polar surface area (TPSA) is 93.1 Å². The summed E-state index contributed by atoms with van der Waals surface area (Å²) in [6.07, 6.45) is 0.